The van der Waals surface area contributed by atoms with E-state index in [2.05, 4.69) is 5.10 Å². The minimum absolute atomic E-state index is 0.173. The first kappa shape index (κ1) is 15.3. The zero-order valence-corrected chi connectivity index (χ0v) is 12.3. The number of nitrogens with zero attached hydrogens (tertiary/aromatic N) is 2. The second kappa shape index (κ2) is 5.86. The van der Waals surface area contributed by atoms with Gasteiger partial charge in [0.05, 0.1) is 18.9 Å². The molecular weight excluding hydrogens is 310 g/mol. The van der Waals surface area contributed by atoms with Crippen molar-refractivity contribution >= 4 is 5.97 Å². The molecule has 3 rings (SSSR count). The Kier molecular flexibility index (Phi) is 3.89. The van der Waals surface area contributed by atoms with E-state index in [0.29, 0.717) is 25.4 Å². The van der Waals surface area contributed by atoms with Crippen molar-refractivity contribution in [1.29, 1.82) is 0 Å². The van der Waals surface area contributed by atoms with Crippen molar-refractivity contribution in [2.45, 2.75) is 12.8 Å². The van der Waals surface area contributed by atoms with Gasteiger partial charge in [-0.1, -0.05) is 0 Å². The molecule has 1 aromatic carbocycles. The highest BCUT2D eigenvalue weighted by atomic mass is 19.3. The van der Waals surface area contributed by atoms with Gasteiger partial charge in [0.2, 0.25) is 0 Å². The molecule has 8 heteroatoms. The van der Waals surface area contributed by atoms with Gasteiger partial charge in [0.15, 0.2) is 17.2 Å². The van der Waals surface area contributed by atoms with Crippen LogP contribution in [0.1, 0.15) is 28.9 Å². The van der Waals surface area contributed by atoms with Gasteiger partial charge in [-0.3, -0.25) is 4.68 Å². The Morgan fingerprint density at radius 2 is 1.91 bits per heavy atom. The highest BCUT2D eigenvalue weighted by molar-refractivity contribution is 5.87. The predicted molar refractivity (Wildman–Crippen MR) is 76.2 cm³/mol. The van der Waals surface area contributed by atoms with E-state index in [0.717, 1.165) is 0 Å². The van der Waals surface area contributed by atoms with Crippen LogP contribution in [0.3, 0.4) is 0 Å². The smallest absolute Gasteiger partial charge is 0.356 e. The van der Waals surface area contributed by atoms with Crippen LogP contribution < -0.4 is 9.47 Å². The van der Waals surface area contributed by atoms with Crippen LogP contribution in [0.4, 0.5) is 8.78 Å². The van der Waals surface area contributed by atoms with Crippen LogP contribution in [-0.4, -0.2) is 34.1 Å². The number of rotatable bonds is 3. The van der Waals surface area contributed by atoms with Crippen molar-refractivity contribution < 1.29 is 28.2 Å². The molecule has 1 N–H and O–H groups in total. The molecule has 23 heavy (non-hydrogen) atoms. The lowest BCUT2D eigenvalue weighted by atomic mass is 10.0. The van der Waals surface area contributed by atoms with Crippen LogP contribution in [-0.2, 0) is 7.05 Å². The number of halogens is 2. The number of hydrogen-bond acceptors (Lipinski definition) is 4. The van der Waals surface area contributed by atoms with Crippen molar-refractivity contribution in [2.24, 2.45) is 7.05 Å². The van der Waals surface area contributed by atoms with Gasteiger partial charge in [0, 0.05) is 24.6 Å². The Hall–Kier alpha value is -2.64. The first-order chi connectivity index (χ1) is 11.0. The fourth-order valence-electron chi connectivity index (χ4n) is 2.45. The molecule has 0 saturated carbocycles. The van der Waals surface area contributed by atoms with Gasteiger partial charge in [-0.25, -0.2) is 13.6 Å². The maximum Gasteiger partial charge on any atom is 0.356 e. The molecule has 0 saturated heterocycles. The molecule has 0 radical (unpaired) electrons. The summed E-state index contributed by atoms with van der Waals surface area (Å²) < 4.78 is 39.1. The standard InChI is InChI=1S/C15H14F2N2O4/c1-19-11(7-10(18-19)15(20)21)8-5-12-13(6-9(8)14(16)17)23-4-2-3-22-12/h5-7,14H,2-4H2,1H3,(H,20,21). The molecule has 0 fully saturated rings. The number of benzene rings is 1. The SMILES string of the molecule is Cn1nc(C(=O)O)cc1-c1cc2c(cc1C(F)F)OCCCO2. The normalized spacial score (nSPS) is 13.9. The van der Waals surface area contributed by atoms with Gasteiger partial charge < -0.3 is 14.6 Å². The third-order valence-corrected chi connectivity index (χ3v) is 3.53. The number of carboxylic acids is 1. The van der Waals surface area contributed by atoms with Crippen LogP contribution in [0.15, 0.2) is 18.2 Å². The molecule has 0 amide bonds. The largest absolute Gasteiger partial charge is 0.490 e. The summed E-state index contributed by atoms with van der Waals surface area (Å²) in [7, 11) is 1.50. The molecule has 0 unspecified atom stereocenters. The average molecular weight is 324 g/mol. The third-order valence-electron chi connectivity index (χ3n) is 3.53. The lowest BCUT2D eigenvalue weighted by Crippen LogP contribution is -2.01. The van der Waals surface area contributed by atoms with Crippen LogP contribution in [0, 0.1) is 0 Å². The average Bonchev–Trinajstić information content (AvgIpc) is 2.75. The van der Waals surface area contributed by atoms with E-state index in [9.17, 15) is 13.6 Å². The van der Waals surface area contributed by atoms with Crippen LogP contribution >= 0.6 is 0 Å². The molecule has 0 bridgehead atoms. The summed E-state index contributed by atoms with van der Waals surface area (Å²) >= 11 is 0. The zero-order valence-electron chi connectivity index (χ0n) is 12.3. The van der Waals surface area contributed by atoms with Gasteiger partial charge in [0.1, 0.15) is 0 Å². The first-order valence-corrected chi connectivity index (χ1v) is 6.96. The first-order valence-electron chi connectivity index (χ1n) is 6.96. The van der Waals surface area contributed by atoms with Gasteiger partial charge in [-0.15, -0.1) is 0 Å². The molecule has 1 aliphatic rings. The minimum Gasteiger partial charge on any atom is -0.490 e. The van der Waals surface area contributed by atoms with Crippen LogP contribution in [0.5, 0.6) is 11.5 Å². The van der Waals surface area contributed by atoms with Crippen molar-refractivity contribution in [2.75, 3.05) is 13.2 Å². The number of fused-ring (bicyclic) bond motifs is 1. The summed E-state index contributed by atoms with van der Waals surface area (Å²) in [5.74, 6) is -0.595. The Morgan fingerprint density at radius 3 is 2.48 bits per heavy atom. The van der Waals surface area contributed by atoms with Gasteiger partial charge in [-0.05, 0) is 18.2 Å². The summed E-state index contributed by atoms with van der Waals surface area (Å²) in [6, 6.07) is 3.95. The second-order valence-corrected chi connectivity index (χ2v) is 5.08. The van der Waals surface area contributed by atoms with Crippen molar-refractivity contribution in [1.82, 2.24) is 9.78 Å². The molecular formula is C15H14F2N2O4. The number of carboxylic acid groups (broad SMARTS) is 1. The zero-order chi connectivity index (χ0) is 16.6. The summed E-state index contributed by atoms with van der Waals surface area (Å²) in [6.07, 6.45) is -2.09. The maximum absolute atomic E-state index is 13.4. The van der Waals surface area contributed by atoms with E-state index < -0.39 is 12.4 Å². The predicted octanol–water partition coefficient (Wildman–Crippen LogP) is 2.88. The number of aryl methyl sites for hydroxylation is 1. The lowest BCUT2D eigenvalue weighted by Gasteiger charge is -2.14. The number of alkyl halides is 2. The summed E-state index contributed by atoms with van der Waals surface area (Å²) in [5.41, 5.74) is -0.0240. The van der Waals surface area contributed by atoms with Crippen molar-refractivity contribution in [3.63, 3.8) is 0 Å². The van der Waals surface area contributed by atoms with Gasteiger partial charge in [0.25, 0.3) is 6.43 Å². The Morgan fingerprint density at radius 1 is 1.26 bits per heavy atom. The van der Waals surface area contributed by atoms with Crippen molar-refractivity contribution in [3.8, 4) is 22.8 Å². The fourth-order valence-corrected chi connectivity index (χ4v) is 2.45. The Bertz CT molecular complexity index is 758. The van der Waals surface area contributed by atoms with Crippen molar-refractivity contribution in [3.05, 3.63) is 29.5 Å². The topological polar surface area (TPSA) is 73.6 Å². The number of ether oxygens (including phenoxy) is 2. The molecule has 0 aliphatic carbocycles. The molecule has 0 atom stereocenters. The summed E-state index contributed by atoms with van der Waals surface area (Å²) in [4.78, 5) is 11.0. The number of aromatic nitrogens is 2. The Balaban J connectivity index is 2.17. The third kappa shape index (κ3) is 2.84. The molecule has 122 valence electrons. The van der Waals surface area contributed by atoms with Crippen LogP contribution in [0.2, 0.25) is 0 Å². The maximum atomic E-state index is 13.4. The molecule has 6 nitrogen and oxygen atoms in total. The number of carbonyl (C=O) groups is 1. The second-order valence-electron chi connectivity index (χ2n) is 5.08. The van der Waals surface area contributed by atoms with E-state index in [4.69, 9.17) is 14.6 Å². The molecule has 1 aliphatic heterocycles. The van der Waals surface area contributed by atoms with E-state index in [1.807, 2.05) is 0 Å². The highest BCUT2D eigenvalue weighted by Gasteiger charge is 2.23. The van der Waals surface area contributed by atoms with E-state index in [-0.39, 0.29) is 28.3 Å². The fraction of sp³-hybridized carbons (Fsp3) is 0.333. The Labute approximate surface area is 130 Å². The molecule has 1 aromatic heterocycles. The lowest BCUT2D eigenvalue weighted by molar-refractivity contribution is 0.0689. The minimum atomic E-state index is -2.75. The molecule has 2 aromatic rings. The van der Waals surface area contributed by atoms with E-state index >= 15 is 0 Å². The highest BCUT2D eigenvalue weighted by Crippen LogP contribution is 2.41. The number of hydrogen-bond donors (Lipinski definition) is 1. The molecule has 0 spiro atoms. The number of aromatic carboxylic acids is 1. The quantitative estimate of drug-likeness (QED) is 0.940. The van der Waals surface area contributed by atoms with E-state index in [1.54, 1.807) is 0 Å². The van der Waals surface area contributed by atoms with Gasteiger partial charge in [-0.2, -0.15) is 5.10 Å². The monoisotopic (exact) mass is 324 g/mol. The summed E-state index contributed by atoms with van der Waals surface area (Å²) in [6.45, 7) is 0.816. The molecule has 2 heterocycles. The van der Waals surface area contributed by atoms with E-state index in [1.165, 1.54) is 29.9 Å². The van der Waals surface area contributed by atoms with Gasteiger partial charge >= 0.3 is 5.97 Å². The van der Waals surface area contributed by atoms with Crippen LogP contribution in [0.25, 0.3) is 11.3 Å². The summed E-state index contributed by atoms with van der Waals surface area (Å²) in [5, 5.41) is 12.8.